The molecule has 0 bridgehead atoms. The second-order valence-electron chi connectivity index (χ2n) is 5.68. The minimum atomic E-state index is -1.08. The first-order chi connectivity index (χ1) is 9.89. The molecule has 7 heteroatoms. The number of carboxylic acids is 1. The predicted molar refractivity (Wildman–Crippen MR) is 80.9 cm³/mol. The first-order valence-corrected chi connectivity index (χ1v) is 7.86. The molecule has 1 fully saturated rings. The first kappa shape index (κ1) is 15.8. The van der Waals surface area contributed by atoms with Crippen molar-refractivity contribution in [2.75, 3.05) is 11.9 Å². The Labute approximate surface area is 127 Å². The fourth-order valence-corrected chi connectivity index (χ4v) is 3.22. The molecule has 4 N–H and O–H groups in total. The van der Waals surface area contributed by atoms with Gasteiger partial charge >= 0.3 is 12.0 Å². The molecule has 0 radical (unpaired) electrons. The summed E-state index contributed by atoms with van der Waals surface area (Å²) in [7, 11) is 0. The van der Waals surface area contributed by atoms with Crippen LogP contribution in [0.15, 0.2) is 11.4 Å². The van der Waals surface area contributed by atoms with Gasteiger partial charge in [-0.15, -0.1) is 11.3 Å². The molecule has 0 unspecified atom stereocenters. The average Bonchev–Trinajstić information content (AvgIpc) is 2.89. The molecule has 0 aromatic carbocycles. The summed E-state index contributed by atoms with van der Waals surface area (Å²) < 4.78 is 0. The molecule has 1 aromatic rings. The van der Waals surface area contributed by atoms with Crippen LogP contribution in [0.5, 0.6) is 0 Å². The monoisotopic (exact) mass is 312 g/mol. The highest BCUT2D eigenvalue weighted by molar-refractivity contribution is 7.14. The Morgan fingerprint density at radius 2 is 2.10 bits per heavy atom. The number of aliphatic hydroxyl groups is 1. The van der Waals surface area contributed by atoms with Gasteiger partial charge in [-0.25, -0.2) is 9.59 Å². The Balaban J connectivity index is 1.85. The van der Waals surface area contributed by atoms with Gasteiger partial charge in [0.05, 0.1) is 11.2 Å². The lowest BCUT2D eigenvalue weighted by molar-refractivity contribution is -0.00356. The van der Waals surface area contributed by atoms with Crippen molar-refractivity contribution in [1.29, 1.82) is 0 Å². The minimum Gasteiger partial charge on any atom is -0.478 e. The number of amides is 2. The number of rotatable bonds is 4. The maximum absolute atomic E-state index is 11.8. The van der Waals surface area contributed by atoms with E-state index in [1.807, 2.05) is 0 Å². The number of hydrogen-bond donors (Lipinski definition) is 4. The van der Waals surface area contributed by atoms with Gasteiger partial charge in [0.1, 0.15) is 5.00 Å². The van der Waals surface area contributed by atoms with E-state index < -0.39 is 17.6 Å². The Kier molecular flexibility index (Phi) is 4.84. The minimum absolute atomic E-state index is 0.0698. The maximum Gasteiger partial charge on any atom is 0.338 e. The van der Waals surface area contributed by atoms with Crippen LogP contribution in [0.3, 0.4) is 0 Å². The molecule has 0 spiro atoms. The van der Waals surface area contributed by atoms with Gasteiger partial charge in [0, 0.05) is 6.54 Å². The Hall–Kier alpha value is -1.60. The number of urea groups is 1. The summed E-state index contributed by atoms with van der Waals surface area (Å²) in [6.45, 7) is 2.34. The number of aromatic carboxylic acids is 1. The molecular weight excluding hydrogens is 292 g/mol. The van der Waals surface area contributed by atoms with Gasteiger partial charge in [0.15, 0.2) is 0 Å². The summed E-state index contributed by atoms with van der Waals surface area (Å²) >= 11 is 1.15. The molecule has 1 aliphatic rings. The number of carbonyl (C=O) groups excluding carboxylic acids is 1. The van der Waals surface area contributed by atoms with Gasteiger partial charge in [-0.3, -0.25) is 5.32 Å². The van der Waals surface area contributed by atoms with Crippen molar-refractivity contribution in [2.45, 2.75) is 38.2 Å². The van der Waals surface area contributed by atoms with E-state index in [9.17, 15) is 14.7 Å². The van der Waals surface area contributed by atoms with Gasteiger partial charge in [0.2, 0.25) is 0 Å². The molecule has 116 valence electrons. The third kappa shape index (κ3) is 4.18. The Bertz CT molecular complexity index is 521. The zero-order valence-electron chi connectivity index (χ0n) is 11.9. The summed E-state index contributed by atoms with van der Waals surface area (Å²) in [5, 5.41) is 26.4. The van der Waals surface area contributed by atoms with Crippen molar-refractivity contribution in [3.63, 3.8) is 0 Å². The molecule has 2 amide bonds. The van der Waals surface area contributed by atoms with E-state index in [2.05, 4.69) is 17.6 Å². The fourth-order valence-electron chi connectivity index (χ4n) is 2.44. The third-order valence-corrected chi connectivity index (χ3v) is 4.74. The number of carbonyl (C=O) groups is 2. The smallest absolute Gasteiger partial charge is 0.338 e. The van der Waals surface area contributed by atoms with Crippen molar-refractivity contribution in [3.05, 3.63) is 17.0 Å². The maximum atomic E-state index is 11.8. The van der Waals surface area contributed by atoms with Crippen molar-refractivity contribution in [1.82, 2.24) is 5.32 Å². The van der Waals surface area contributed by atoms with Crippen LogP contribution in [-0.2, 0) is 0 Å². The zero-order valence-corrected chi connectivity index (χ0v) is 12.7. The van der Waals surface area contributed by atoms with E-state index >= 15 is 0 Å². The summed E-state index contributed by atoms with van der Waals surface area (Å²) in [5.41, 5.74) is -0.782. The van der Waals surface area contributed by atoms with Crippen molar-refractivity contribution in [3.8, 4) is 0 Å². The van der Waals surface area contributed by atoms with Crippen molar-refractivity contribution >= 4 is 28.3 Å². The molecular formula is C14H20N2O4S. The van der Waals surface area contributed by atoms with Crippen molar-refractivity contribution in [2.24, 2.45) is 5.92 Å². The lowest BCUT2D eigenvalue weighted by atomic mass is 9.79. The fraction of sp³-hybridized carbons (Fsp3) is 0.571. The van der Waals surface area contributed by atoms with E-state index in [4.69, 9.17) is 5.11 Å². The Morgan fingerprint density at radius 1 is 1.43 bits per heavy atom. The average molecular weight is 312 g/mol. The second kappa shape index (κ2) is 6.44. The highest BCUT2D eigenvalue weighted by atomic mass is 32.1. The highest BCUT2D eigenvalue weighted by Gasteiger charge is 2.32. The quantitative estimate of drug-likeness (QED) is 0.686. The number of nitrogens with one attached hydrogen (secondary N) is 2. The molecule has 21 heavy (non-hydrogen) atoms. The van der Waals surface area contributed by atoms with Gasteiger partial charge in [-0.2, -0.15) is 0 Å². The molecule has 6 nitrogen and oxygen atoms in total. The Morgan fingerprint density at radius 3 is 2.71 bits per heavy atom. The van der Waals surface area contributed by atoms with Crippen LogP contribution in [0.1, 0.15) is 43.0 Å². The van der Waals surface area contributed by atoms with Crippen LogP contribution >= 0.6 is 11.3 Å². The molecule has 0 atom stereocenters. The number of carboxylic acid groups (broad SMARTS) is 1. The summed E-state index contributed by atoms with van der Waals surface area (Å²) in [5.74, 6) is -0.463. The van der Waals surface area contributed by atoms with Crippen LogP contribution in [0, 0.1) is 5.92 Å². The van der Waals surface area contributed by atoms with E-state index in [1.165, 1.54) is 6.07 Å². The van der Waals surface area contributed by atoms with Gasteiger partial charge < -0.3 is 15.5 Å². The van der Waals surface area contributed by atoms with E-state index in [-0.39, 0.29) is 12.1 Å². The van der Waals surface area contributed by atoms with Gasteiger partial charge in [0.25, 0.3) is 0 Å². The number of hydrogen-bond acceptors (Lipinski definition) is 4. The highest BCUT2D eigenvalue weighted by Crippen LogP contribution is 2.31. The van der Waals surface area contributed by atoms with E-state index in [0.29, 0.717) is 23.8 Å². The molecule has 2 rings (SSSR count). The third-order valence-electron chi connectivity index (χ3n) is 3.91. The van der Waals surface area contributed by atoms with Crippen LogP contribution in [-0.4, -0.2) is 34.4 Å². The second-order valence-corrected chi connectivity index (χ2v) is 6.60. The lowest BCUT2D eigenvalue weighted by Gasteiger charge is -2.34. The normalized spacial score (nSPS) is 25.3. The molecule has 1 aliphatic carbocycles. The van der Waals surface area contributed by atoms with E-state index in [1.54, 1.807) is 5.38 Å². The first-order valence-electron chi connectivity index (χ1n) is 6.98. The van der Waals surface area contributed by atoms with Gasteiger partial charge in [-0.1, -0.05) is 6.92 Å². The van der Waals surface area contributed by atoms with Crippen molar-refractivity contribution < 1.29 is 19.8 Å². The largest absolute Gasteiger partial charge is 0.478 e. The van der Waals surface area contributed by atoms with Crippen LogP contribution in [0.2, 0.25) is 0 Å². The van der Waals surface area contributed by atoms with Crippen LogP contribution in [0.4, 0.5) is 9.80 Å². The molecule has 1 aromatic heterocycles. The number of thiophene rings is 1. The summed E-state index contributed by atoms with van der Waals surface area (Å²) in [6, 6.07) is 0.950. The standard InChI is InChI=1S/C14H20N2O4S/c1-9-2-5-14(20,6-3-9)8-15-13(19)16-11-10(12(17)18)4-7-21-11/h4,7,9,20H,2-3,5-6,8H2,1H3,(H,17,18)(H2,15,16,19). The molecule has 0 saturated heterocycles. The van der Waals surface area contributed by atoms with Crippen LogP contribution in [0.25, 0.3) is 0 Å². The predicted octanol–water partition coefficient (Wildman–Crippen LogP) is 2.51. The van der Waals surface area contributed by atoms with E-state index in [0.717, 1.165) is 24.2 Å². The zero-order chi connectivity index (χ0) is 15.5. The molecule has 1 heterocycles. The summed E-state index contributed by atoms with van der Waals surface area (Å²) in [6.07, 6.45) is 3.25. The molecule has 0 aliphatic heterocycles. The topological polar surface area (TPSA) is 98.7 Å². The number of anilines is 1. The lowest BCUT2D eigenvalue weighted by Crippen LogP contribution is -2.46. The summed E-state index contributed by atoms with van der Waals surface area (Å²) in [4.78, 5) is 22.8. The SMILES string of the molecule is CC1CCC(O)(CNC(=O)Nc2sccc2C(=O)O)CC1. The van der Waals surface area contributed by atoms with Crippen LogP contribution < -0.4 is 10.6 Å². The van der Waals surface area contributed by atoms with Gasteiger partial charge in [-0.05, 0) is 43.0 Å². The molecule has 1 saturated carbocycles.